The molecule has 152 valence electrons. The number of rotatable bonds is 6. The van der Waals surface area contributed by atoms with Crippen LogP contribution in [-0.2, 0) is 9.53 Å². The van der Waals surface area contributed by atoms with Gasteiger partial charge in [-0.3, -0.25) is 4.79 Å². The van der Waals surface area contributed by atoms with Gasteiger partial charge in [-0.25, -0.2) is 4.79 Å². The van der Waals surface area contributed by atoms with E-state index in [-0.39, 0.29) is 17.9 Å². The van der Waals surface area contributed by atoms with Gasteiger partial charge in [-0.05, 0) is 63.1 Å². The number of hydrogen-bond donors (Lipinski definition) is 2. The minimum atomic E-state index is -0.550. The van der Waals surface area contributed by atoms with E-state index in [2.05, 4.69) is 10.6 Å². The van der Waals surface area contributed by atoms with Gasteiger partial charge in [-0.1, -0.05) is 24.3 Å². The van der Waals surface area contributed by atoms with E-state index in [0.29, 0.717) is 6.54 Å². The maximum absolute atomic E-state index is 12.6. The molecule has 0 heterocycles. The quantitative estimate of drug-likeness (QED) is 0.787. The smallest absolute Gasteiger partial charge is 0.407 e. The first-order chi connectivity index (χ1) is 13.1. The van der Waals surface area contributed by atoms with Gasteiger partial charge in [0, 0.05) is 12.6 Å². The molecule has 2 rings (SSSR count). The molecule has 2 aromatic rings. The number of benzene rings is 2. The molecule has 2 aromatic carbocycles. The molecule has 2 atom stereocenters. The van der Waals surface area contributed by atoms with Crippen molar-refractivity contribution in [2.75, 3.05) is 13.7 Å². The molecule has 0 aliphatic heterocycles. The van der Waals surface area contributed by atoms with Gasteiger partial charge in [0.05, 0.1) is 13.0 Å². The Bertz CT molecular complexity index is 842. The van der Waals surface area contributed by atoms with Gasteiger partial charge in [0.1, 0.15) is 11.4 Å². The Morgan fingerprint density at radius 2 is 1.68 bits per heavy atom. The molecule has 0 saturated carbocycles. The number of nitrogens with one attached hydrogen (secondary N) is 2. The number of hydrogen-bond acceptors (Lipinski definition) is 4. The topological polar surface area (TPSA) is 76.7 Å². The molecule has 2 N–H and O–H groups in total. The second-order valence-electron chi connectivity index (χ2n) is 7.99. The van der Waals surface area contributed by atoms with E-state index < -0.39 is 11.7 Å². The normalized spacial score (nSPS) is 13.5. The van der Waals surface area contributed by atoms with Crippen LogP contribution in [0.3, 0.4) is 0 Å². The molecule has 0 unspecified atom stereocenters. The van der Waals surface area contributed by atoms with Crippen LogP contribution in [0, 0.1) is 0 Å². The molecule has 0 spiro atoms. The minimum Gasteiger partial charge on any atom is -0.497 e. The van der Waals surface area contributed by atoms with E-state index in [1.807, 2.05) is 50.2 Å². The number of methoxy groups -OCH3 is 1. The Morgan fingerprint density at radius 3 is 2.32 bits per heavy atom. The van der Waals surface area contributed by atoms with E-state index >= 15 is 0 Å². The molecule has 0 aliphatic rings. The SMILES string of the molecule is COc1ccc2cc([C@H](C)C(=O)N[C@H](C)CNC(=O)OC(C)(C)C)ccc2c1. The van der Waals surface area contributed by atoms with Crippen LogP contribution in [0.4, 0.5) is 4.79 Å². The van der Waals surface area contributed by atoms with Gasteiger partial charge in [0.15, 0.2) is 0 Å². The van der Waals surface area contributed by atoms with Crippen LogP contribution in [0.25, 0.3) is 10.8 Å². The summed E-state index contributed by atoms with van der Waals surface area (Å²) in [6.45, 7) is 9.42. The van der Waals surface area contributed by atoms with E-state index in [9.17, 15) is 9.59 Å². The van der Waals surface area contributed by atoms with Crippen molar-refractivity contribution < 1.29 is 19.1 Å². The fourth-order valence-corrected chi connectivity index (χ4v) is 2.76. The Balaban J connectivity index is 1.94. The van der Waals surface area contributed by atoms with Crippen LogP contribution < -0.4 is 15.4 Å². The lowest BCUT2D eigenvalue weighted by Crippen LogP contribution is -2.44. The zero-order chi connectivity index (χ0) is 20.9. The lowest BCUT2D eigenvalue weighted by atomic mass is 9.96. The summed E-state index contributed by atoms with van der Waals surface area (Å²) in [5.41, 5.74) is 0.382. The van der Waals surface area contributed by atoms with E-state index in [1.165, 1.54) is 0 Å². The number of carbonyl (C=O) groups is 2. The highest BCUT2D eigenvalue weighted by atomic mass is 16.6. The number of fused-ring (bicyclic) bond motifs is 1. The number of alkyl carbamates (subject to hydrolysis) is 1. The summed E-state index contributed by atoms with van der Waals surface area (Å²) in [6.07, 6.45) is -0.494. The van der Waals surface area contributed by atoms with Crippen molar-refractivity contribution >= 4 is 22.8 Å². The van der Waals surface area contributed by atoms with Crippen LogP contribution in [-0.4, -0.2) is 37.3 Å². The first-order valence-electron chi connectivity index (χ1n) is 9.44. The summed E-state index contributed by atoms with van der Waals surface area (Å²) in [6, 6.07) is 11.6. The van der Waals surface area contributed by atoms with Crippen molar-refractivity contribution in [3.05, 3.63) is 42.0 Å². The maximum Gasteiger partial charge on any atom is 0.407 e. The molecule has 0 fully saturated rings. The highest BCUT2D eigenvalue weighted by molar-refractivity contribution is 5.88. The Hall–Kier alpha value is -2.76. The lowest BCUT2D eigenvalue weighted by molar-refractivity contribution is -0.122. The molecular formula is C22H30N2O4. The fourth-order valence-electron chi connectivity index (χ4n) is 2.76. The monoisotopic (exact) mass is 386 g/mol. The van der Waals surface area contributed by atoms with Gasteiger partial charge in [-0.2, -0.15) is 0 Å². The van der Waals surface area contributed by atoms with E-state index in [0.717, 1.165) is 22.1 Å². The molecular weight excluding hydrogens is 356 g/mol. The largest absolute Gasteiger partial charge is 0.497 e. The van der Waals surface area contributed by atoms with Crippen molar-refractivity contribution in [2.24, 2.45) is 0 Å². The Morgan fingerprint density at radius 1 is 1.04 bits per heavy atom. The standard InChI is InChI=1S/C22H30N2O4/c1-14(13-23-21(26)28-22(3,4)5)24-20(25)15(2)16-7-8-18-12-19(27-6)10-9-17(18)11-16/h7-12,14-15H,13H2,1-6H3,(H,23,26)(H,24,25)/t14-,15+/m1/s1. The molecule has 6 heteroatoms. The average Bonchev–Trinajstić information content (AvgIpc) is 2.63. The van der Waals surface area contributed by atoms with Crippen LogP contribution in [0.15, 0.2) is 36.4 Å². The number of amides is 2. The third-order valence-electron chi connectivity index (χ3n) is 4.30. The molecule has 0 radical (unpaired) electrons. The average molecular weight is 386 g/mol. The highest BCUT2D eigenvalue weighted by Crippen LogP contribution is 2.25. The molecule has 28 heavy (non-hydrogen) atoms. The first kappa shape index (κ1) is 21.5. The second kappa shape index (κ2) is 8.95. The van der Waals surface area contributed by atoms with Crippen molar-refractivity contribution in [1.29, 1.82) is 0 Å². The predicted molar refractivity (Wildman–Crippen MR) is 111 cm³/mol. The van der Waals surface area contributed by atoms with Gasteiger partial charge in [-0.15, -0.1) is 0 Å². The third-order valence-corrected chi connectivity index (χ3v) is 4.30. The van der Waals surface area contributed by atoms with Crippen molar-refractivity contribution in [3.8, 4) is 5.75 Å². The van der Waals surface area contributed by atoms with Crippen LogP contribution in [0.2, 0.25) is 0 Å². The van der Waals surface area contributed by atoms with Gasteiger partial charge >= 0.3 is 6.09 Å². The summed E-state index contributed by atoms with van der Waals surface area (Å²) in [4.78, 5) is 24.3. The Kier molecular flexibility index (Phi) is 6.89. The van der Waals surface area contributed by atoms with Crippen LogP contribution in [0.1, 0.15) is 46.1 Å². The summed E-state index contributed by atoms with van der Waals surface area (Å²) in [5, 5.41) is 7.72. The number of ether oxygens (including phenoxy) is 2. The minimum absolute atomic E-state index is 0.0913. The summed E-state index contributed by atoms with van der Waals surface area (Å²) < 4.78 is 10.4. The zero-order valence-electron chi connectivity index (χ0n) is 17.5. The van der Waals surface area contributed by atoms with E-state index in [4.69, 9.17) is 9.47 Å². The summed E-state index contributed by atoms with van der Waals surface area (Å²) >= 11 is 0. The molecule has 0 saturated heterocycles. The zero-order valence-corrected chi connectivity index (χ0v) is 17.5. The van der Waals surface area contributed by atoms with Crippen LogP contribution >= 0.6 is 0 Å². The van der Waals surface area contributed by atoms with Gasteiger partial charge in [0.25, 0.3) is 0 Å². The molecule has 6 nitrogen and oxygen atoms in total. The van der Waals surface area contributed by atoms with Crippen molar-refractivity contribution in [3.63, 3.8) is 0 Å². The van der Waals surface area contributed by atoms with Crippen molar-refractivity contribution in [2.45, 2.75) is 52.2 Å². The van der Waals surface area contributed by atoms with Crippen LogP contribution in [0.5, 0.6) is 5.75 Å². The molecule has 0 bridgehead atoms. The second-order valence-corrected chi connectivity index (χ2v) is 7.99. The van der Waals surface area contributed by atoms with E-state index in [1.54, 1.807) is 27.9 Å². The molecule has 0 aromatic heterocycles. The fraction of sp³-hybridized carbons (Fsp3) is 0.455. The molecule has 2 amide bonds. The van der Waals surface area contributed by atoms with Crippen molar-refractivity contribution in [1.82, 2.24) is 10.6 Å². The third kappa shape index (κ3) is 6.15. The first-order valence-corrected chi connectivity index (χ1v) is 9.44. The highest BCUT2D eigenvalue weighted by Gasteiger charge is 2.19. The lowest BCUT2D eigenvalue weighted by Gasteiger charge is -2.22. The van der Waals surface area contributed by atoms with Gasteiger partial charge in [0.2, 0.25) is 5.91 Å². The predicted octanol–water partition coefficient (Wildman–Crippen LogP) is 3.98. The van der Waals surface area contributed by atoms with Gasteiger partial charge < -0.3 is 20.1 Å². The Labute approximate surface area is 166 Å². The number of carbonyl (C=O) groups excluding carboxylic acids is 2. The maximum atomic E-state index is 12.6. The summed E-state index contributed by atoms with van der Waals surface area (Å²) in [5.74, 6) is 0.402. The summed E-state index contributed by atoms with van der Waals surface area (Å²) in [7, 11) is 1.64. The molecule has 0 aliphatic carbocycles.